The lowest BCUT2D eigenvalue weighted by Gasteiger charge is -2.30. The monoisotopic (exact) mass is 488 g/mol. The van der Waals surface area contributed by atoms with Gasteiger partial charge in [0.2, 0.25) is 5.82 Å². The number of ether oxygens (including phenoxy) is 3. The smallest absolute Gasteiger partial charge is 0.201 e. The van der Waals surface area contributed by atoms with Crippen molar-refractivity contribution >= 4 is 0 Å². The molecule has 0 bridgehead atoms. The van der Waals surface area contributed by atoms with Crippen LogP contribution < -0.4 is 4.74 Å². The predicted octanol–water partition coefficient (Wildman–Crippen LogP) is 8.66. The summed E-state index contributed by atoms with van der Waals surface area (Å²) >= 11 is 0. The SMILES string of the molecule is CCCCCCCCOc1ccc(C2OCC(c3ccc(CCCCCC)cc3)CO2)c(F)c1F. The van der Waals surface area contributed by atoms with Gasteiger partial charge in [0, 0.05) is 11.5 Å². The van der Waals surface area contributed by atoms with Gasteiger partial charge in [-0.3, -0.25) is 0 Å². The highest BCUT2D eigenvalue weighted by Gasteiger charge is 2.28. The molecule has 1 aliphatic rings. The molecule has 0 atom stereocenters. The van der Waals surface area contributed by atoms with Gasteiger partial charge in [-0.1, -0.05) is 89.5 Å². The number of hydrogen-bond donors (Lipinski definition) is 0. The van der Waals surface area contributed by atoms with Gasteiger partial charge < -0.3 is 14.2 Å². The van der Waals surface area contributed by atoms with Crippen molar-refractivity contribution < 1.29 is 23.0 Å². The van der Waals surface area contributed by atoms with Crippen molar-refractivity contribution in [3.8, 4) is 5.75 Å². The average molecular weight is 489 g/mol. The predicted molar refractivity (Wildman–Crippen MR) is 137 cm³/mol. The molecule has 1 aliphatic heterocycles. The Balaban J connectivity index is 1.46. The van der Waals surface area contributed by atoms with E-state index >= 15 is 0 Å². The fraction of sp³-hybridized carbons (Fsp3) is 0.600. The number of benzene rings is 2. The minimum absolute atomic E-state index is 0.0525. The third kappa shape index (κ3) is 8.57. The third-order valence-corrected chi connectivity index (χ3v) is 6.75. The van der Waals surface area contributed by atoms with E-state index in [9.17, 15) is 8.78 Å². The molecule has 0 N–H and O–H groups in total. The first-order chi connectivity index (χ1) is 17.1. The molecule has 0 aromatic heterocycles. The fourth-order valence-electron chi connectivity index (χ4n) is 4.49. The van der Waals surface area contributed by atoms with Crippen molar-refractivity contribution in [2.45, 2.75) is 96.7 Å². The highest BCUT2D eigenvalue weighted by atomic mass is 19.2. The maximum absolute atomic E-state index is 14.8. The molecule has 0 radical (unpaired) electrons. The van der Waals surface area contributed by atoms with Gasteiger partial charge in [0.15, 0.2) is 17.9 Å². The molecule has 0 spiro atoms. The third-order valence-electron chi connectivity index (χ3n) is 6.75. The van der Waals surface area contributed by atoms with Crippen LogP contribution >= 0.6 is 0 Å². The second-order valence-corrected chi connectivity index (χ2v) is 9.64. The van der Waals surface area contributed by atoms with Crippen molar-refractivity contribution in [1.29, 1.82) is 0 Å². The van der Waals surface area contributed by atoms with Crippen molar-refractivity contribution in [1.82, 2.24) is 0 Å². The Kier molecular flexibility index (Phi) is 12.0. The van der Waals surface area contributed by atoms with Crippen molar-refractivity contribution in [3.63, 3.8) is 0 Å². The molecule has 0 amide bonds. The molecule has 2 aromatic rings. The lowest BCUT2D eigenvalue weighted by Crippen LogP contribution is -2.26. The standard InChI is InChI=1S/C30H42F2O3/c1-3-5-7-9-10-12-20-33-27-19-18-26(28(31)29(27)32)30-34-21-25(22-35-30)24-16-14-23(15-17-24)13-11-8-6-4-2/h14-19,25,30H,3-13,20-22H2,1-2H3. The normalized spacial score (nSPS) is 18.1. The van der Waals surface area contributed by atoms with E-state index in [1.165, 1.54) is 62.6 Å². The molecular weight excluding hydrogens is 446 g/mol. The zero-order valence-electron chi connectivity index (χ0n) is 21.5. The first-order valence-electron chi connectivity index (χ1n) is 13.6. The summed E-state index contributed by atoms with van der Waals surface area (Å²) in [4.78, 5) is 0. The number of aryl methyl sites for hydroxylation is 1. The second-order valence-electron chi connectivity index (χ2n) is 9.64. The molecule has 1 heterocycles. The largest absolute Gasteiger partial charge is 0.490 e. The minimum atomic E-state index is -0.975. The summed E-state index contributed by atoms with van der Waals surface area (Å²) in [5.74, 6) is -1.91. The van der Waals surface area contributed by atoms with E-state index in [0.717, 1.165) is 31.2 Å². The van der Waals surface area contributed by atoms with Crippen LogP contribution in [-0.2, 0) is 15.9 Å². The van der Waals surface area contributed by atoms with Crippen LogP contribution in [0, 0.1) is 11.6 Å². The highest BCUT2D eigenvalue weighted by molar-refractivity contribution is 5.32. The van der Waals surface area contributed by atoms with Crippen LogP contribution in [0.5, 0.6) is 5.75 Å². The van der Waals surface area contributed by atoms with Crippen LogP contribution in [-0.4, -0.2) is 19.8 Å². The lowest BCUT2D eigenvalue weighted by atomic mass is 9.97. The Labute approximate surface area is 210 Å². The van der Waals surface area contributed by atoms with Gasteiger partial charge in [-0.05, 0) is 42.5 Å². The molecule has 3 nitrogen and oxygen atoms in total. The zero-order chi connectivity index (χ0) is 24.9. The van der Waals surface area contributed by atoms with Gasteiger partial charge >= 0.3 is 0 Å². The first-order valence-corrected chi connectivity index (χ1v) is 13.6. The fourth-order valence-corrected chi connectivity index (χ4v) is 4.49. The van der Waals surface area contributed by atoms with Crippen molar-refractivity contribution in [2.75, 3.05) is 19.8 Å². The molecule has 35 heavy (non-hydrogen) atoms. The molecule has 2 aromatic carbocycles. The molecule has 1 saturated heterocycles. The molecule has 3 rings (SSSR count). The van der Waals surface area contributed by atoms with Gasteiger partial charge in [0.25, 0.3) is 0 Å². The molecule has 0 saturated carbocycles. The van der Waals surface area contributed by atoms with Crippen LogP contribution in [0.3, 0.4) is 0 Å². The summed E-state index contributed by atoms with van der Waals surface area (Å²) in [6.07, 6.45) is 11.9. The van der Waals surface area contributed by atoms with Gasteiger partial charge in [-0.2, -0.15) is 4.39 Å². The Bertz CT molecular complexity index is 861. The molecular formula is C30H42F2O3. The van der Waals surface area contributed by atoms with Crippen LogP contribution in [0.25, 0.3) is 0 Å². The maximum Gasteiger partial charge on any atom is 0.201 e. The summed E-state index contributed by atoms with van der Waals surface area (Å²) in [7, 11) is 0. The summed E-state index contributed by atoms with van der Waals surface area (Å²) in [6, 6.07) is 11.6. The topological polar surface area (TPSA) is 27.7 Å². The maximum atomic E-state index is 14.8. The quantitative estimate of drug-likeness (QED) is 0.235. The Morgan fingerprint density at radius 1 is 0.743 bits per heavy atom. The molecule has 0 aliphatic carbocycles. The Morgan fingerprint density at radius 3 is 2.06 bits per heavy atom. The Morgan fingerprint density at radius 2 is 1.37 bits per heavy atom. The minimum Gasteiger partial charge on any atom is -0.490 e. The van der Waals surface area contributed by atoms with Crippen LogP contribution in [0.15, 0.2) is 36.4 Å². The van der Waals surface area contributed by atoms with E-state index in [4.69, 9.17) is 14.2 Å². The Hall–Kier alpha value is -1.98. The summed E-state index contributed by atoms with van der Waals surface area (Å²) < 4.78 is 46.5. The zero-order valence-corrected chi connectivity index (χ0v) is 21.5. The average Bonchev–Trinajstić information content (AvgIpc) is 2.89. The molecule has 0 unspecified atom stereocenters. The number of halogens is 2. The van der Waals surface area contributed by atoms with E-state index in [-0.39, 0.29) is 17.2 Å². The van der Waals surface area contributed by atoms with E-state index in [1.54, 1.807) is 0 Å². The molecule has 194 valence electrons. The number of unbranched alkanes of at least 4 members (excludes halogenated alkanes) is 8. The molecule has 5 heteroatoms. The summed E-state index contributed by atoms with van der Waals surface area (Å²) in [5, 5.41) is 0. The van der Waals surface area contributed by atoms with E-state index in [0.29, 0.717) is 19.8 Å². The van der Waals surface area contributed by atoms with Crippen molar-refractivity contribution in [2.24, 2.45) is 0 Å². The van der Waals surface area contributed by atoms with Crippen LogP contribution in [0.2, 0.25) is 0 Å². The number of rotatable bonds is 15. The van der Waals surface area contributed by atoms with Gasteiger partial charge in [0.05, 0.1) is 19.8 Å². The highest BCUT2D eigenvalue weighted by Crippen LogP contribution is 2.34. The second kappa shape index (κ2) is 15.2. The summed E-state index contributed by atoms with van der Waals surface area (Å²) in [5.41, 5.74) is 2.57. The van der Waals surface area contributed by atoms with E-state index < -0.39 is 17.9 Å². The van der Waals surface area contributed by atoms with E-state index in [1.807, 2.05) is 0 Å². The molecule has 1 fully saturated rings. The summed E-state index contributed by atoms with van der Waals surface area (Å²) in [6.45, 7) is 5.59. The number of hydrogen-bond acceptors (Lipinski definition) is 3. The van der Waals surface area contributed by atoms with Crippen molar-refractivity contribution in [3.05, 3.63) is 64.7 Å². The van der Waals surface area contributed by atoms with Crippen LogP contribution in [0.4, 0.5) is 8.78 Å². The first kappa shape index (κ1) is 27.6. The van der Waals surface area contributed by atoms with Gasteiger partial charge in [0.1, 0.15) is 0 Å². The van der Waals surface area contributed by atoms with Crippen LogP contribution in [0.1, 0.15) is 107 Å². The van der Waals surface area contributed by atoms with Gasteiger partial charge in [-0.25, -0.2) is 4.39 Å². The lowest BCUT2D eigenvalue weighted by molar-refractivity contribution is -0.193. The van der Waals surface area contributed by atoms with Gasteiger partial charge in [-0.15, -0.1) is 0 Å². The van der Waals surface area contributed by atoms with E-state index in [2.05, 4.69) is 38.1 Å².